The molecular formula is C13H20N2O4. The molecule has 0 spiro atoms. The Morgan fingerprint density at radius 2 is 1.95 bits per heavy atom. The summed E-state index contributed by atoms with van der Waals surface area (Å²) in [6, 6.07) is 6.08. The smallest absolute Gasteiger partial charge is 0.269 e. The molecule has 6 heteroatoms. The van der Waals surface area contributed by atoms with Crippen molar-refractivity contribution in [3.63, 3.8) is 0 Å². The van der Waals surface area contributed by atoms with Gasteiger partial charge < -0.3 is 14.8 Å². The van der Waals surface area contributed by atoms with Gasteiger partial charge in [-0.1, -0.05) is 0 Å². The third-order valence-corrected chi connectivity index (χ3v) is 2.44. The van der Waals surface area contributed by atoms with E-state index < -0.39 is 4.92 Å². The van der Waals surface area contributed by atoms with Crippen molar-refractivity contribution in [2.75, 3.05) is 32.9 Å². The van der Waals surface area contributed by atoms with E-state index in [0.717, 1.165) is 32.7 Å². The molecule has 19 heavy (non-hydrogen) atoms. The Morgan fingerprint density at radius 1 is 1.21 bits per heavy atom. The minimum atomic E-state index is -0.427. The molecule has 106 valence electrons. The van der Waals surface area contributed by atoms with Gasteiger partial charge in [0.25, 0.3) is 5.69 Å². The highest BCUT2D eigenvalue weighted by Gasteiger charge is 2.03. The molecule has 0 fully saturated rings. The molecule has 6 nitrogen and oxygen atoms in total. The topological polar surface area (TPSA) is 73.6 Å². The fraction of sp³-hybridized carbons (Fsp3) is 0.538. The summed E-state index contributed by atoms with van der Waals surface area (Å²) in [4.78, 5) is 10.0. The first kappa shape index (κ1) is 15.4. The highest BCUT2D eigenvalue weighted by molar-refractivity contribution is 5.35. The number of nitro groups is 1. The second-order valence-electron chi connectivity index (χ2n) is 3.90. The molecule has 0 unspecified atom stereocenters. The van der Waals surface area contributed by atoms with E-state index in [1.165, 1.54) is 12.1 Å². The Kier molecular flexibility index (Phi) is 7.53. The first-order valence-electron chi connectivity index (χ1n) is 6.39. The maximum atomic E-state index is 10.5. The van der Waals surface area contributed by atoms with Crippen molar-refractivity contribution in [1.29, 1.82) is 0 Å². The predicted molar refractivity (Wildman–Crippen MR) is 72.6 cm³/mol. The molecule has 0 radical (unpaired) electrons. The first-order chi connectivity index (χ1) is 9.24. The summed E-state index contributed by atoms with van der Waals surface area (Å²) < 4.78 is 10.7. The number of nitrogens with zero attached hydrogens (tertiary/aromatic N) is 1. The highest BCUT2D eigenvalue weighted by Crippen LogP contribution is 2.16. The van der Waals surface area contributed by atoms with Crippen LogP contribution in [0.5, 0.6) is 5.75 Å². The molecular weight excluding hydrogens is 248 g/mol. The quantitative estimate of drug-likeness (QED) is 0.399. The number of hydrogen-bond donors (Lipinski definition) is 1. The Balaban J connectivity index is 2.07. The van der Waals surface area contributed by atoms with Crippen molar-refractivity contribution in [3.8, 4) is 5.75 Å². The maximum absolute atomic E-state index is 10.5. The molecule has 1 rings (SSSR count). The van der Waals surface area contributed by atoms with Crippen LogP contribution in [0.15, 0.2) is 24.3 Å². The largest absolute Gasteiger partial charge is 0.492 e. The standard InChI is InChI=1S/C13H20N2O4/c1-2-18-10-3-8-14-9-11-19-13-6-4-12(5-7-13)15(16)17/h4-7,14H,2-3,8-11H2,1H3. The van der Waals surface area contributed by atoms with Crippen LogP contribution in [0, 0.1) is 10.1 Å². The molecule has 0 amide bonds. The lowest BCUT2D eigenvalue weighted by atomic mass is 10.3. The summed E-state index contributed by atoms with van der Waals surface area (Å²) in [6.07, 6.45) is 0.978. The van der Waals surface area contributed by atoms with Crippen LogP contribution in [0.1, 0.15) is 13.3 Å². The van der Waals surface area contributed by atoms with Crippen LogP contribution < -0.4 is 10.1 Å². The fourth-order valence-electron chi connectivity index (χ4n) is 1.47. The van der Waals surface area contributed by atoms with Gasteiger partial charge in [0.1, 0.15) is 12.4 Å². The lowest BCUT2D eigenvalue weighted by Gasteiger charge is -2.07. The maximum Gasteiger partial charge on any atom is 0.269 e. The van der Waals surface area contributed by atoms with Crippen LogP contribution in [0.2, 0.25) is 0 Å². The molecule has 0 aromatic heterocycles. The zero-order valence-electron chi connectivity index (χ0n) is 11.1. The van der Waals surface area contributed by atoms with Gasteiger partial charge in [-0.05, 0) is 32.0 Å². The zero-order valence-corrected chi connectivity index (χ0v) is 11.1. The van der Waals surface area contributed by atoms with Crippen molar-refractivity contribution in [2.24, 2.45) is 0 Å². The molecule has 1 aromatic carbocycles. The van der Waals surface area contributed by atoms with Gasteiger partial charge in [-0.3, -0.25) is 10.1 Å². The summed E-state index contributed by atoms with van der Waals surface area (Å²) in [7, 11) is 0. The number of rotatable bonds is 10. The molecule has 0 bridgehead atoms. The summed E-state index contributed by atoms with van der Waals surface area (Å²) in [5, 5.41) is 13.7. The molecule has 1 N–H and O–H groups in total. The predicted octanol–water partition coefficient (Wildman–Crippen LogP) is 1.99. The van der Waals surface area contributed by atoms with Gasteiger partial charge >= 0.3 is 0 Å². The van der Waals surface area contributed by atoms with Crippen molar-refractivity contribution in [1.82, 2.24) is 5.32 Å². The van der Waals surface area contributed by atoms with Crippen LogP contribution in [-0.4, -0.2) is 37.8 Å². The van der Waals surface area contributed by atoms with Gasteiger partial charge in [0, 0.05) is 31.9 Å². The third kappa shape index (κ3) is 6.73. The Bertz CT molecular complexity index is 367. The number of nitrogens with one attached hydrogen (secondary N) is 1. The zero-order chi connectivity index (χ0) is 13.9. The Labute approximate surface area is 112 Å². The second kappa shape index (κ2) is 9.29. The molecule has 0 aliphatic rings. The summed E-state index contributed by atoms with van der Waals surface area (Å²) in [6.45, 7) is 5.67. The van der Waals surface area contributed by atoms with E-state index in [4.69, 9.17) is 9.47 Å². The minimum absolute atomic E-state index is 0.0707. The molecule has 0 aliphatic carbocycles. The number of ether oxygens (including phenoxy) is 2. The van der Waals surface area contributed by atoms with Crippen LogP contribution in [0.4, 0.5) is 5.69 Å². The first-order valence-corrected chi connectivity index (χ1v) is 6.39. The van der Waals surface area contributed by atoms with Crippen LogP contribution in [0.3, 0.4) is 0 Å². The van der Waals surface area contributed by atoms with Crippen LogP contribution >= 0.6 is 0 Å². The van der Waals surface area contributed by atoms with E-state index in [1.807, 2.05) is 6.92 Å². The normalized spacial score (nSPS) is 10.4. The van der Waals surface area contributed by atoms with Crippen molar-refractivity contribution < 1.29 is 14.4 Å². The van der Waals surface area contributed by atoms with Gasteiger partial charge in [0.05, 0.1) is 4.92 Å². The molecule has 0 heterocycles. The Hall–Kier alpha value is -1.66. The number of hydrogen-bond acceptors (Lipinski definition) is 5. The monoisotopic (exact) mass is 268 g/mol. The van der Waals surface area contributed by atoms with E-state index in [-0.39, 0.29) is 5.69 Å². The van der Waals surface area contributed by atoms with E-state index in [2.05, 4.69) is 5.32 Å². The van der Waals surface area contributed by atoms with Crippen molar-refractivity contribution in [2.45, 2.75) is 13.3 Å². The van der Waals surface area contributed by atoms with Crippen molar-refractivity contribution >= 4 is 5.69 Å². The number of nitro benzene ring substituents is 1. The third-order valence-electron chi connectivity index (χ3n) is 2.44. The molecule has 0 aliphatic heterocycles. The Morgan fingerprint density at radius 3 is 2.58 bits per heavy atom. The van der Waals surface area contributed by atoms with Crippen LogP contribution in [-0.2, 0) is 4.74 Å². The SMILES string of the molecule is CCOCCCNCCOc1ccc([N+](=O)[O-])cc1. The van der Waals surface area contributed by atoms with E-state index in [1.54, 1.807) is 12.1 Å². The van der Waals surface area contributed by atoms with Crippen LogP contribution in [0.25, 0.3) is 0 Å². The lowest BCUT2D eigenvalue weighted by molar-refractivity contribution is -0.384. The molecule has 0 atom stereocenters. The highest BCUT2D eigenvalue weighted by atomic mass is 16.6. The fourth-order valence-corrected chi connectivity index (χ4v) is 1.47. The lowest BCUT2D eigenvalue weighted by Crippen LogP contribution is -2.23. The van der Waals surface area contributed by atoms with Gasteiger partial charge in [0.2, 0.25) is 0 Å². The summed E-state index contributed by atoms with van der Waals surface area (Å²) in [5.41, 5.74) is 0.0707. The van der Waals surface area contributed by atoms with E-state index in [0.29, 0.717) is 12.4 Å². The van der Waals surface area contributed by atoms with Crippen molar-refractivity contribution in [3.05, 3.63) is 34.4 Å². The molecule has 1 aromatic rings. The second-order valence-corrected chi connectivity index (χ2v) is 3.90. The van der Waals surface area contributed by atoms with E-state index in [9.17, 15) is 10.1 Å². The van der Waals surface area contributed by atoms with Gasteiger partial charge in [0.15, 0.2) is 0 Å². The summed E-state index contributed by atoms with van der Waals surface area (Å²) in [5.74, 6) is 0.640. The molecule has 0 saturated heterocycles. The van der Waals surface area contributed by atoms with E-state index >= 15 is 0 Å². The number of benzene rings is 1. The summed E-state index contributed by atoms with van der Waals surface area (Å²) >= 11 is 0. The average molecular weight is 268 g/mol. The molecule has 0 saturated carbocycles. The van der Waals surface area contributed by atoms with Gasteiger partial charge in [-0.15, -0.1) is 0 Å². The van der Waals surface area contributed by atoms with Gasteiger partial charge in [-0.2, -0.15) is 0 Å². The number of non-ortho nitro benzene ring substituents is 1. The van der Waals surface area contributed by atoms with Gasteiger partial charge in [-0.25, -0.2) is 0 Å². The minimum Gasteiger partial charge on any atom is -0.492 e. The average Bonchev–Trinajstić information content (AvgIpc) is 2.42.